The number of halogens is 1. The third-order valence-electron chi connectivity index (χ3n) is 4.74. The molecule has 3 aromatic rings. The second-order valence-electron chi connectivity index (χ2n) is 6.49. The third kappa shape index (κ3) is 3.56. The zero-order valence-corrected chi connectivity index (χ0v) is 15.4. The predicted molar refractivity (Wildman–Crippen MR) is 105 cm³/mol. The van der Waals surface area contributed by atoms with Gasteiger partial charge < -0.3 is 15.2 Å². The molecule has 0 spiro atoms. The smallest absolute Gasteiger partial charge is 0.270 e. The van der Waals surface area contributed by atoms with Crippen LogP contribution >= 0.6 is 15.9 Å². The first-order chi connectivity index (χ1) is 12.2. The van der Waals surface area contributed by atoms with Crippen LogP contribution in [-0.4, -0.2) is 34.9 Å². The molecule has 5 heteroatoms. The number of aromatic amines is 1. The van der Waals surface area contributed by atoms with Gasteiger partial charge in [-0.2, -0.15) is 0 Å². The molecule has 2 aromatic carbocycles. The summed E-state index contributed by atoms with van der Waals surface area (Å²) in [4.78, 5) is 18.0. The van der Waals surface area contributed by atoms with Crippen molar-refractivity contribution in [2.24, 2.45) is 0 Å². The van der Waals surface area contributed by atoms with Gasteiger partial charge in [-0.15, -0.1) is 0 Å². The third-order valence-corrected chi connectivity index (χ3v) is 5.23. The van der Waals surface area contributed by atoms with Crippen LogP contribution in [0.2, 0.25) is 0 Å². The van der Waals surface area contributed by atoms with E-state index in [-0.39, 0.29) is 5.91 Å². The second kappa shape index (κ2) is 6.92. The number of H-pyrrole nitrogens is 1. The van der Waals surface area contributed by atoms with Crippen LogP contribution in [0.15, 0.2) is 59.1 Å². The maximum Gasteiger partial charge on any atom is 0.270 e. The topological polar surface area (TPSA) is 48.1 Å². The Labute approximate surface area is 155 Å². The number of aromatic nitrogens is 1. The fourth-order valence-corrected chi connectivity index (χ4v) is 3.74. The molecular weight excluding hydrogens is 378 g/mol. The molecule has 1 aliphatic heterocycles. The van der Waals surface area contributed by atoms with E-state index in [0.717, 1.165) is 47.0 Å². The van der Waals surface area contributed by atoms with E-state index in [1.807, 2.05) is 47.4 Å². The molecule has 0 radical (unpaired) electrons. The fourth-order valence-electron chi connectivity index (χ4n) is 3.38. The van der Waals surface area contributed by atoms with E-state index >= 15 is 0 Å². The normalized spacial score (nSPS) is 15.5. The van der Waals surface area contributed by atoms with Gasteiger partial charge in [-0.25, -0.2) is 0 Å². The minimum atomic E-state index is 0.0884. The number of nitrogens with zero attached hydrogens (tertiary/aromatic N) is 1. The van der Waals surface area contributed by atoms with Crippen molar-refractivity contribution in [1.29, 1.82) is 0 Å². The van der Waals surface area contributed by atoms with Crippen LogP contribution in [-0.2, 0) is 0 Å². The van der Waals surface area contributed by atoms with E-state index in [9.17, 15) is 4.79 Å². The summed E-state index contributed by atoms with van der Waals surface area (Å²) in [6, 6.07) is 18.6. The van der Waals surface area contributed by atoms with E-state index in [2.05, 4.69) is 38.4 Å². The molecular formula is C20H20BrN3O. The number of fused-ring (bicyclic) bond motifs is 1. The van der Waals surface area contributed by atoms with Gasteiger partial charge in [0.2, 0.25) is 0 Å². The molecule has 0 atom stereocenters. The number of likely N-dealkylation sites (tertiary alicyclic amines) is 1. The van der Waals surface area contributed by atoms with Crippen LogP contribution in [0, 0.1) is 0 Å². The van der Waals surface area contributed by atoms with Gasteiger partial charge in [0.1, 0.15) is 5.69 Å². The molecule has 2 N–H and O–H groups in total. The van der Waals surface area contributed by atoms with E-state index < -0.39 is 0 Å². The second-order valence-corrected chi connectivity index (χ2v) is 7.41. The minimum Gasteiger partial charge on any atom is -0.382 e. The number of hydrogen-bond donors (Lipinski definition) is 2. The minimum absolute atomic E-state index is 0.0884. The van der Waals surface area contributed by atoms with Crippen LogP contribution < -0.4 is 5.32 Å². The molecule has 4 rings (SSSR count). The average molecular weight is 398 g/mol. The summed E-state index contributed by atoms with van der Waals surface area (Å²) in [5.74, 6) is 0.0884. The monoisotopic (exact) mass is 397 g/mol. The molecule has 2 heterocycles. The highest BCUT2D eigenvalue weighted by Crippen LogP contribution is 2.23. The van der Waals surface area contributed by atoms with E-state index in [4.69, 9.17) is 0 Å². The number of nitrogens with one attached hydrogen (secondary N) is 2. The van der Waals surface area contributed by atoms with Crippen molar-refractivity contribution in [2.75, 3.05) is 18.4 Å². The molecule has 1 aromatic heterocycles. The summed E-state index contributed by atoms with van der Waals surface area (Å²) in [6.45, 7) is 1.56. The Hall–Kier alpha value is -2.27. The summed E-state index contributed by atoms with van der Waals surface area (Å²) in [5, 5.41) is 4.62. The number of anilines is 1. The molecule has 0 saturated carbocycles. The van der Waals surface area contributed by atoms with Crippen LogP contribution in [0.5, 0.6) is 0 Å². The summed E-state index contributed by atoms with van der Waals surface area (Å²) in [7, 11) is 0. The molecule has 1 saturated heterocycles. The van der Waals surface area contributed by atoms with Gasteiger partial charge in [-0.3, -0.25) is 4.79 Å². The highest BCUT2D eigenvalue weighted by molar-refractivity contribution is 9.10. The molecule has 1 fully saturated rings. The summed E-state index contributed by atoms with van der Waals surface area (Å²) >= 11 is 3.47. The first kappa shape index (κ1) is 16.2. The lowest BCUT2D eigenvalue weighted by atomic mass is 10.0. The number of para-hydroxylation sites is 1. The molecule has 0 unspecified atom stereocenters. The van der Waals surface area contributed by atoms with Gasteiger partial charge in [-0.05, 0) is 43.2 Å². The number of carbonyl (C=O) groups is 1. The van der Waals surface area contributed by atoms with Crippen molar-refractivity contribution in [1.82, 2.24) is 9.88 Å². The quantitative estimate of drug-likeness (QED) is 0.675. The molecule has 0 aliphatic carbocycles. The summed E-state index contributed by atoms with van der Waals surface area (Å²) in [6.07, 6.45) is 1.93. The zero-order chi connectivity index (χ0) is 17.2. The molecule has 0 bridgehead atoms. The molecule has 4 nitrogen and oxygen atoms in total. The SMILES string of the molecule is O=C(c1cc2ccc(Br)cc2[nH]1)N1CCC(Nc2ccccc2)CC1. The molecule has 1 amide bonds. The number of piperidine rings is 1. The van der Waals surface area contributed by atoms with Gasteiger partial charge in [-0.1, -0.05) is 40.2 Å². The van der Waals surface area contributed by atoms with E-state index in [0.29, 0.717) is 11.7 Å². The lowest BCUT2D eigenvalue weighted by molar-refractivity contribution is 0.0713. The number of carbonyl (C=O) groups excluding carboxylic acids is 1. The maximum atomic E-state index is 12.8. The van der Waals surface area contributed by atoms with Crippen LogP contribution in [0.4, 0.5) is 5.69 Å². The molecule has 25 heavy (non-hydrogen) atoms. The van der Waals surface area contributed by atoms with Gasteiger partial charge >= 0.3 is 0 Å². The zero-order valence-electron chi connectivity index (χ0n) is 13.8. The molecule has 1 aliphatic rings. The number of amides is 1. The van der Waals surface area contributed by atoms with Gasteiger partial charge in [0.15, 0.2) is 0 Å². The van der Waals surface area contributed by atoms with Crippen molar-refractivity contribution in [3.63, 3.8) is 0 Å². The summed E-state index contributed by atoms with van der Waals surface area (Å²) in [5.41, 5.74) is 2.80. The lowest BCUT2D eigenvalue weighted by Crippen LogP contribution is -2.42. The first-order valence-electron chi connectivity index (χ1n) is 8.58. The van der Waals surface area contributed by atoms with Crippen LogP contribution in [0.25, 0.3) is 10.9 Å². The highest BCUT2D eigenvalue weighted by atomic mass is 79.9. The highest BCUT2D eigenvalue weighted by Gasteiger charge is 2.24. The Bertz CT molecular complexity index is 882. The Balaban J connectivity index is 1.40. The van der Waals surface area contributed by atoms with E-state index in [1.54, 1.807) is 0 Å². The Morgan fingerprint density at radius 2 is 1.84 bits per heavy atom. The largest absolute Gasteiger partial charge is 0.382 e. The Morgan fingerprint density at radius 3 is 2.60 bits per heavy atom. The van der Waals surface area contributed by atoms with Crippen molar-refractivity contribution < 1.29 is 4.79 Å². The number of rotatable bonds is 3. The van der Waals surface area contributed by atoms with Gasteiger partial charge in [0, 0.05) is 40.2 Å². The summed E-state index contributed by atoms with van der Waals surface area (Å²) < 4.78 is 1.01. The maximum absolute atomic E-state index is 12.8. The predicted octanol–water partition coefficient (Wildman–Crippen LogP) is 4.65. The average Bonchev–Trinajstić information content (AvgIpc) is 3.06. The van der Waals surface area contributed by atoms with Gasteiger partial charge in [0.25, 0.3) is 5.91 Å². The fraction of sp³-hybridized carbons (Fsp3) is 0.250. The number of benzene rings is 2. The van der Waals surface area contributed by atoms with Crippen LogP contribution in [0.3, 0.4) is 0 Å². The van der Waals surface area contributed by atoms with Crippen molar-refractivity contribution in [3.8, 4) is 0 Å². The lowest BCUT2D eigenvalue weighted by Gasteiger charge is -2.32. The van der Waals surface area contributed by atoms with Gasteiger partial charge in [0.05, 0.1) is 0 Å². The molecule has 128 valence electrons. The van der Waals surface area contributed by atoms with Crippen molar-refractivity contribution in [3.05, 3.63) is 64.8 Å². The van der Waals surface area contributed by atoms with Crippen molar-refractivity contribution >= 4 is 38.4 Å². The number of hydrogen-bond acceptors (Lipinski definition) is 2. The standard InChI is InChI=1S/C20H20BrN3O/c21-15-7-6-14-12-19(23-18(14)13-15)20(25)24-10-8-17(9-11-24)22-16-4-2-1-3-5-16/h1-7,12-13,17,22-23H,8-11H2. The van der Waals surface area contributed by atoms with Crippen LogP contribution in [0.1, 0.15) is 23.3 Å². The van der Waals surface area contributed by atoms with Crippen molar-refractivity contribution in [2.45, 2.75) is 18.9 Å². The Kier molecular flexibility index (Phi) is 4.49. The Morgan fingerprint density at radius 1 is 1.08 bits per heavy atom. The van der Waals surface area contributed by atoms with E-state index in [1.165, 1.54) is 0 Å². The first-order valence-corrected chi connectivity index (χ1v) is 9.37.